The molecule has 0 aromatic heterocycles. The molecule has 24 heteroatoms. The van der Waals surface area contributed by atoms with Gasteiger partial charge in [0.25, 0.3) is 0 Å². The van der Waals surface area contributed by atoms with Crippen LogP contribution in [0.4, 0.5) is 4.79 Å². The Labute approximate surface area is 574 Å². The van der Waals surface area contributed by atoms with Gasteiger partial charge in [0.1, 0.15) is 48.0 Å². The number of esters is 3. The van der Waals surface area contributed by atoms with Crippen molar-refractivity contribution in [3.05, 3.63) is 185 Å². The molecule has 532 valence electrons. The van der Waals surface area contributed by atoms with E-state index in [0.717, 1.165) is 25.6 Å². The lowest BCUT2D eigenvalue weighted by Crippen LogP contribution is -2.81. The van der Waals surface area contributed by atoms with Crippen molar-refractivity contribution in [3.8, 4) is 5.75 Å². The van der Waals surface area contributed by atoms with Gasteiger partial charge in [-0.3, -0.25) is 19.2 Å². The van der Waals surface area contributed by atoms with Gasteiger partial charge in [0, 0.05) is 31.7 Å². The lowest BCUT2D eigenvalue weighted by atomic mass is 9.44. The Morgan fingerprint density at radius 2 is 1.25 bits per heavy atom. The van der Waals surface area contributed by atoms with Crippen molar-refractivity contribution in [3.63, 3.8) is 0 Å². The highest BCUT2D eigenvalue weighted by Gasteiger charge is 2.78. The van der Waals surface area contributed by atoms with Crippen molar-refractivity contribution in [2.24, 2.45) is 16.7 Å². The number of carboxylic acid groups (broad SMARTS) is 3. The fraction of sp³-hybridized carbons (Fsp3) is 0.440. The van der Waals surface area contributed by atoms with E-state index >= 15 is 0 Å². The van der Waals surface area contributed by atoms with Crippen LogP contribution in [0.1, 0.15) is 133 Å². The van der Waals surface area contributed by atoms with Gasteiger partial charge in [-0.1, -0.05) is 142 Å². The van der Waals surface area contributed by atoms with Crippen LogP contribution in [0.2, 0.25) is 0 Å². The van der Waals surface area contributed by atoms with E-state index in [4.69, 9.17) is 48.8 Å². The van der Waals surface area contributed by atoms with Crippen LogP contribution < -0.4 is 10.1 Å². The number of carbonyl (C=O) groups is 8. The van der Waals surface area contributed by atoms with E-state index in [2.05, 4.69) is 116 Å². The van der Waals surface area contributed by atoms with Crippen molar-refractivity contribution >= 4 is 58.8 Å². The number of hydrogen-bond acceptors (Lipinski definition) is 20. The molecule has 5 aromatic carbocycles. The number of aliphatic carboxylic acids is 3. The van der Waals surface area contributed by atoms with Crippen molar-refractivity contribution in [2.45, 2.75) is 159 Å². The summed E-state index contributed by atoms with van der Waals surface area (Å²) in [6.07, 6.45) is -12.8. The number of carboxylic acids is 3. The summed E-state index contributed by atoms with van der Waals surface area (Å²) >= 11 is 0. The number of carbonyl (C=O) groups excluding carboxylic acids is 5. The van der Waals surface area contributed by atoms with Gasteiger partial charge in [-0.05, 0) is 124 Å². The van der Waals surface area contributed by atoms with Crippen molar-refractivity contribution in [2.75, 3.05) is 33.9 Å². The number of aliphatic hydroxyl groups is 5. The number of fused-ring (bicyclic) bond motifs is 5. The number of rotatable bonds is 21. The predicted molar refractivity (Wildman–Crippen MR) is 360 cm³/mol. The van der Waals surface area contributed by atoms with Crippen LogP contribution in [0.3, 0.4) is 0 Å². The SMILES string of the molecule is CC(=O)O[C@@]12CO[C@@H]1C[C@H](O)[C@@]1(C)C(=O)[C@H](O)C3=C(C)[C@@H](OC(=O)C(O)[C@@H](NC(=O)OC(C)(C)C)c4ccccc4)C[C@@](O)([C@@H](OC(=O)c4ccccc4)[C@H]21)C3(C)C.CC/C(=C(\c1ccccc1)c1ccc(OCCN(C)C)cc1)c1ccccc1.O=C(O)CC(O)(CC(=O)O)C(=O)O. The quantitative estimate of drug-likeness (QED) is 0.0145. The van der Waals surface area contributed by atoms with Crippen LogP contribution in [0.5, 0.6) is 5.75 Å². The van der Waals surface area contributed by atoms with Gasteiger partial charge in [-0.25, -0.2) is 19.2 Å². The second-order valence-corrected chi connectivity index (χ2v) is 27.2. The molecule has 9 N–H and O–H groups in total. The number of alkyl carbamates (subject to hydrolysis) is 1. The number of hydrogen-bond donors (Lipinski definition) is 9. The summed E-state index contributed by atoms with van der Waals surface area (Å²) in [6.45, 7) is 15.6. The summed E-state index contributed by atoms with van der Waals surface area (Å²) in [4.78, 5) is 102. The number of allylic oxidation sites excluding steroid dienone is 1. The number of likely N-dealkylation sites (N-methyl/N-ethyl adjacent to an activating group) is 1. The van der Waals surface area contributed by atoms with Gasteiger partial charge in [-0.2, -0.15) is 0 Å². The summed E-state index contributed by atoms with van der Waals surface area (Å²) in [5.41, 5.74) is -4.50. The lowest BCUT2D eigenvalue weighted by molar-refractivity contribution is -0.346. The van der Waals surface area contributed by atoms with Crippen LogP contribution in [0, 0.1) is 16.7 Å². The van der Waals surface area contributed by atoms with Crippen LogP contribution in [0.15, 0.2) is 157 Å². The molecule has 1 saturated heterocycles. The second-order valence-electron chi connectivity index (χ2n) is 27.2. The fourth-order valence-corrected chi connectivity index (χ4v) is 13.6. The third kappa shape index (κ3) is 17.3. The zero-order chi connectivity index (χ0) is 73.2. The van der Waals surface area contributed by atoms with Gasteiger partial charge in [-0.15, -0.1) is 0 Å². The summed E-state index contributed by atoms with van der Waals surface area (Å²) in [5.74, 6) is -9.47. The molecule has 2 bridgehead atoms. The number of ketones is 1. The predicted octanol–water partition coefficient (Wildman–Crippen LogP) is 8.01. The van der Waals surface area contributed by atoms with Crippen LogP contribution in [-0.4, -0.2) is 186 Å². The molecule has 5 aromatic rings. The minimum Gasteiger partial charge on any atom is -0.492 e. The standard InChI is InChI=1S/C43H53NO14.C26H29NO.C6H8O7/c1-22-26(55-37(51)32(48)30(24-15-11-9-12-16-24)44-38(52)58-39(3,4)5)20-43(53)35(56-36(50)25-17-13-10-14-18-25)33-41(8,34(49)31(47)29(22)40(43,6)7)27(46)19-28-42(33,21-54-28)57-23(2)45;1-4-25(21-11-7-5-8-12-21)26(22-13-9-6-10-14-22)23-15-17-24(18-16-23)28-20-19-27(2)3;7-3(8)1-6(13,5(11)12)2-4(9)10/h9-18,26-28,30-33,35,46-48,53H,19-21H2,1-8H3,(H,44,52);5-18H,4,19-20H2,1-3H3;13H,1-2H2,(H,7,8)(H,9,10)(H,11,12)/b;26-25-;/t26-,27-,28+,30-,31+,32?,33-,35-,41+,42-,43+;;/m0../s1. The molecule has 2 saturated carbocycles. The minimum atomic E-state index is -2.74. The zero-order valence-corrected chi connectivity index (χ0v) is 57.4. The summed E-state index contributed by atoms with van der Waals surface area (Å²) < 4.78 is 35.4. The number of nitrogens with zero attached hydrogens (tertiary/aromatic N) is 1. The van der Waals surface area contributed by atoms with Gasteiger partial charge in [0.05, 0.1) is 48.5 Å². The Balaban J connectivity index is 0.000000275. The third-order valence-electron chi connectivity index (χ3n) is 18.6. The largest absolute Gasteiger partial charge is 0.492 e. The highest BCUT2D eigenvalue weighted by atomic mass is 16.6. The monoisotopic (exact) mass is 1370 g/mol. The molecule has 3 fully saturated rings. The van der Waals surface area contributed by atoms with E-state index in [1.165, 1.54) is 53.8 Å². The topological polar surface area (TPSA) is 369 Å². The molecule has 1 unspecified atom stereocenters. The zero-order valence-electron chi connectivity index (χ0n) is 57.4. The first-order valence-electron chi connectivity index (χ1n) is 32.4. The van der Waals surface area contributed by atoms with Crippen LogP contribution in [0.25, 0.3) is 11.1 Å². The average Bonchev–Trinajstić information content (AvgIpc) is 0.670. The number of aliphatic hydroxyl groups excluding tert-OH is 3. The first-order chi connectivity index (χ1) is 46.5. The van der Waals surface area contributed by atoms with Gasteiger partial charge in [0.2, 0.25) is 0 Å². The average molecular weight is 1370 g/mol. The molecular weight excluding hydrogens is 1280 g/mol. The number of Topliss-reactive ketones (excluding diaryl/α,β-unsaturated/α-hetero) is 1. The van der Waals surface area contributed by atoms with E-state index in [0.29, 0.717) is 12.2 Å². The van der Waals surface area contributed by atoms with E-state index in [1.54, 1.807) is 83.1 Å². The summed E-state index contributed by atoms with van der Waals surface area (Å²) in [7, 11) is 4.11. The third-order valence-corrected chi connectivity index (χ3v) is 18.6. The molecule has 0 radical (unpaired) electrons. The summed E-state index contributed by atoms with van der Waals surface area (Å²) in [5, 5.41) is 85.4. The molecule has 24 nitrogen and oxygen atoms in total. The Morgan fingerprint density at radius 3 is 1.73 bits per heavy atom. The molecular formula is C75H90N2O22. The molecule has 99 heavy (non-hydrogen) atoms. The molecule has 9 rings (SSSR count). The number of nitrogens with one attached hydrogen (secondary N) is 1. The smallest absolute Gasteiger partial charge is 0.408 e. The highest BCUT2D eigenvalue weighted by molar-refractivity contribution is 5.99. The van der Waals surface area contributed by atoms with Crippen molar-refractivity contribution in [1.29, 1.82) is 0 Å². The summed E-state index contributed by atoms with van der Waals surface area (Å²) in [6, 6.07) is 44.4. The Bertz CT molecular complexity index is 3740. The number of amides is 1. The maximum Gasteiger partial charge on any atom is 0.408 e. The molecule has 1 amide bonds. The van der Waals surface area contributed by atoms with Gasteiger partial charge < -0.3 is 79.5 Å². The molecule has 1 heterocycles. The molecule has 0 spiro atoms. The maximum atomic E-state index is 14.9. The second kappa shape index (κ2) is 31.8. The first-order valence-corrected chi connectivity index (χ1v) is 32.4. The molecule has 3 aliphatic carbocycles. The van der Waals surface area contributed by atoms with E-state index < -0.39 is 149 Å². The van der Waals surface area contributed by atoms with Crippen molar-refractivity contribution < 1.29 is 108 Å². The Kier molecular flexibility index (Phi) is 24.8. The highest BCUT2D eigenvalue weighted by Crippen LogP contribution is 2.64. The number of benzene rings is 5. The van der Waals surface area contributed by atoms with E-state index in [-0.39, 0.29) is 29.7 Å². The molecule has 11 atom stereocenters. The van der Waals surface area contributed by atoms with Gasteiger partial charge in [0.15, 0.2) is 23.1 Å². The minimum absolute atomic E-state index is 0.0637. The first kappa shape index (κ1) is 77.2. The molecule has 1 aliphatic heterocycles. The Hall–Kier alpha value is -9.14. The molecule has 4 aliphatic rings. The normalized spacial score (nSPS) is 24.6. The van der Waals surface area contributed by atoms with Crippen molar-refractivity contribution in [1.82, 2.24) is 10.2 Å². The van der Waals surface area contributed by atoms with Crippen LogP contribution in [-0.2, 0) is 52.5 Å². The van der Waals surface area contributed by atoms with E-state index in [9.17, 15) is 58.8 Å². The lowest BCUT2D eigenvalue weighted by Gasteiger charge is -2.67. The number of ether oxygens (including phenoxy) is 6. The van der Waals surface area contributed by atoms with Gasteiger partial charge >= 0.3 is 41.9 Å². The van der Waals surface area contributed by atoms with Crippen LogP contribution >= 0.6 is 0 Å². The fourth-order valence-electron chi connectivity index (χ4n) is 13.6. The Morgan fingerprint density at radius 1 is 0.737 bits per heavy atom. The van der Waals surface area contributed by atoms with E-state index in [1.807, 2.05) is 0 Å². The maximum absolute atomic E-state index is 14.9.